The van der Waals surface area contributed by atoms with E-state index in [9.17, 15) is 13.2 Å². The molecular weight excluding hydrogens is 294 g/mol. The fourth-order valence-electron chi connectivity index (χ4n) is 2.09. The van der Waals surface area contributed by atoms with Crippen LogP contribution in [-0.2, 0) is 18.0 Å². The van der Waals surface area contributed by atoms with Crippen LogP contribution in [0.3, 0.4) is 0 Å². The molecule has 3 rings (SSSR count). The Kier molecular flexibility index (Phi) is 2.56. The lowest BCUT2D eigenvalue weighted by molar-refractivity contribution is -0.137. The minimum absolute atomic E-state index is 0.408. The summed E-state index contributed by atoms with van der Waals surface area (Å²) in [7, 11) is 0. The molecule has 3 nitrogen and oxygen atoms in total. The summed E-state index contributed by atoms with van der Waals surface area (Å²) in [5.41, 5.74) is 1.07. The number of hydrogen-bond acceptors (Lipinski definition) is 2. The largest absolute Gasteiger partial charge is 0.416 e. The fourth-order valence-corrected chi connectivity index (χ4v) is 4.40. The number of benzene rings is 1. The molecule has 2 heterocycles. The first-order valence-corrected chi connectivity index (χ1v) is 8.65. The quantitative estimate of drug-likeness (QED) is 0.759. The number of halogens is 3. The highest BCUT2D eigenvalue weighted by Gasteiger charge is 2.33. The van der Waals surface area contributed by atoms with Crippen molar-refractivity contribution in [2.24, 2.45) is 0 Å². The molecule has 2 aromatic rings. The van der Waals surface area contributed by atoms with Crippen molar-refractivity contribution in [1.82, 2.24) is 9.55 Å². The third-order valence-electron chi connectivity index (χ3n) is 2.92. The van der Waals surface area contributed by atoms with Gasteiger partial charge in [0.2, 0.25) is 0 Å². The Morgan fingerprint density at radius 1 is 1.37 bits per heavy atom. The zero-order valence-electron chi connectivity index (χ0n) is 9.77. The van der Waals surface area contributed by atoms with E-state index in [1.54, 1.807) is 17.0 Å². The molecule has 1 unspecified atom stereocenters. The maximum Gasteiger partial charge on any atom is 0.416 e. The third kappa shape index (κ3) is 1.97. The predicted molar refractivity (Wildman–Crippen MR) is 72.0 cm³/mol. The molecule has 1 aliphatic rings. The zero-order valence-corrected chi connectivity index (χ0v) is 11.5. The second kappa shape index (κ2) is 3.84. The molecule has 1 aliphatic heterocycles. The average molecular weight is 303 g/mol. The van der Waals surface area contributed by atoms with Crippen molar-refractivity contribution in [1.29, 1.82) is 0 Å². The molecule has 0 fully saturated rings. The minimum atomic E-state index is -4.36. The lowest BCUT2D eigenvalue weighted by Gasteiger charge is -2.28. The second-order valence-corrected chi connectivity index (χ2v) is 9.03. The summed E-state index contributed by atoms with van der Waals surface area (Å²) in [6, 6.07) is 3.60. The van der Waals surface area contributed by atoms with Crippen LogP contribution in [0, 0.1) is 0 Å². The normalized spacial score (nSPS) is 21.5. The molecule has 0 amide bonds. The van der Waals surface area contributed by atoms with E-state index in [-0.39, 0.29) is 0 Å². The number of nitrogens with one attached hydrogen (secondary N) is 1. The molecule has 0 saturated carbocycles. The first kappa shape index (κ1) is 12.7. The van der Waals surface area contributed by atoms with Gasteiger partial charge in [-0.05, 0) is 24.9 Å². The first-order chi connectivity index (χ1) is 8.79. The smallest absolute Gasteiger partial charge is 0.350 e. The van der Waals surface area contributed by atoms with E-state index in [2.05, 4.69) is 10.1 Å². The fraction of sp³-hybridized carbons (Fsp3) is 0.182. The molecule has 0 bridgehead atoms. The van der Waals surface area contributed by atoms with Crippen molar-refractivity contribution in [3.63, 3.8) is 0 Å². The molecule has 100 valence electrons. The summed E-state index contributed by atoms with van der Waals surface area (Å²) in [6.07, 6.45) is -3.20. The van der Waals surface area contributed by atoms with Crippen LogP contribution in [0.25, 0.3) is 5.69 Å². The highest BCUT2D eigenvalue weighted by molar-refractivity contribution is 8.18. The van der Waals surface area contributed by atoms with Gasteiger partial charge in [0.1, 0.15) is 0 Å². The Hall–Kier alpha value is -1.33. The van der Waals surface area contributed by atoms with E-state index < -0.39 is 17.9 Å². The van der Waals surface area contributed by atoms with Crippen molar-refractivity contribution in [2.75, 3.05) is 11.8 Å². The maximum atomic E-state index is 12.7. The van der Waals surface area contributed by atoms with Gasteiger partial charge < -0.3 is 5.09 Å². The van der Waals surface area contributed by atoms with E-state index in [4.69, 9.17) is 11.8 Å². The number of rotatable bonds is 0. The summed E-state index contributed by atoms with van der Waals surface area (Å²) >= 11 is 5.45. The van der Waals surface area contributed by atoms with Gasteiger partial charge in [-0.3, -0.25) is 4.57 Å². The number of hydrogen-bond donors (Lipinski definition) is 1. The summed E-state index contributed by atoms with van der Waals surface area (Å²) in [4.78, 5) is 4.20. The summed E-state index contributed by atoms with van der Waals surface area (Å²) in [6.45, 7) is 1.81. The molecule has 0 spiro atoms. The third-order valence-corrected chi connectivity index (χ3v) is 5.45. The van der Waals surface area contributed by atoms with Crippen LogP contribution in [0.5, 0.6) is 0 Å². The number of anilines is 1. The molecule has 8 heteroatoms. The van der Waals surface area contributed by atoms with Gasteiger partial charge in [0, 0.05) is 12.4 Å². The zero-order chi connectivity index (χ0) is 13.8. The maximum absolute atomic E-state index is 12.7. The molecular formula is C11H9F3N3PS. The highest BCUT2D eigenvalue weighted by atomic mass is 32.4. The van der Waals surface area contributed by atoms with Crippen LogP contribution in [0.1, 0.15) is 5.56 Å². The van der Waals surface area contributed by atoms with Crippen LogP contribution < -0.4 is 10.7 Å². The van der Waals surface area contributed by atoms with Crippen molar-refractivity contribution in [3.8, 4) is 5.69 Å². The van der Waals surface area contributed by atoms with Crippen molar-refractivity contribution in [2.45, 2.75) is 6.18 Å². The molecule has 0 aliphatic carbocycles. The standard InChI is InChI=1S/C11H9F3N3PS/c1-18(19)10-15-4-5-17(10)9-3-2-7(11(12,13)14)6-8(9)16-18/h2-6H,1H3,(H,16,19). The summed E-state index contributed by atoms with van der Waals surface area (Å²) < 4.78 is 39.9. The van der Waals surface area contributed by atoms with Gasteiger partial charge in [0.05, 0.1) is 23.1 Å². The Morgan fingerprint density at radius 3 is 2.79 bits per heavy atom. The molecule has 1 aromatic carbocycles. The van der Waals surface area contributed by atoms with Gasteiger partial charge in [0.25, 0.3) is 0 Å². The summed E-state index contributed by atoms with van der Waals surface area (Å²) in [5.74, 6) is 0. The number of aromatic nitrogens is 2. The van der Waals surface area contributed by atoms with E-state index in [1.807, 2.05) is 6.66 Å². The van der Waals surface area contributed by atoms with E-state index in [1.165, 1.54) is 6.07 Å². The number of imidazole rings is 1. The van der Waals surface area contributed by atoms with Gasteiger partial charge in [-0.15, -0.1) is 0 Å². The van der Waals surface area contributed by atoms with Crippen LogP contribution in [0.2, 0.25) is 0 Å². The highest BCUT2D eigenvalue weighted by Crippen LogP contribution is 2.47. The average Bonchev–Trinajstić information content (AvgIpc) is 2.76. The Balaban J connectivity index is 2.23. The lowest BCUT2D eigenvalue weighted by Crippen LogP contribution is -2.26. The monoisotopic (exact) mass is 303 g/mol. The second-order valence-electron chi connectivity index (χ2n) is 4.36. The Morgan fingerprint density at radius 2 is 2.11 bits per heavy atom. The van der Waals surface area contributed by atoms with Crippen LogP contribution in [-0.4, -0.2) is 16.2 Å². The molecule has 19 heavy (non-hydrogen) atoms. The van der Waals surface area contributed by atoms with Gasteiger partial charge >= 0.3 is 6.18 Å². The van der Waals surface area contributed by atoms with E-state index in [0.29, 0.717) is 16.9 Å². The predicted octanol–water partition coefficient (Wildman–Crippen LogP) is 2.97. The van der Waals surface area contributed by atoms with Crippen molar-refractivity contribution >= 4 is 29.2 Å². The lowest BCUT2D eigenvalue weighted by atomic mass is 10.1. The SMILES string of the molecule is CP1(=S)Nc2cc(C(F)(F)F)ccc2-n2ccnc21. The number of alkyl halides is 3. The van der Waals surface area contributed by atoms with E-state index >= 15 is 0 Å². The van der Waals surface area contributed by atoms with Gasteiger partial charge in [-0.1, -0.05) is 11.8 Å². The number of nitrogens with zero attached hydrogens (tertiary/aromatic N) is 2. The molecule has 1 aromatic heterocycles. The van der Waals surface area contributed by atoms with Crippen LogP contribution >= 0.6 is 6.19 Å². The van der Waals surface area contributed by atoms with Gasteiger partial charge in [0.15, 0.2) is 5.57 Å². The van der Waals surface area contributed by atoms with Crippen LogP contribution in [0.4, 0.5) is 18.9 Å². The molecule has 1 atom stereocenters. The Labute approximate surface area is 112 Å². The van der Waals surface area contributed by atoms with Crippen LogP contribution in [0.15, 0.2) is 30.6 Å². The van der Waals surface area contributed by atoms with Gasteiger partial charge in [-0.25, -0.2) is 4.98 Å². The van der Waals surface area contributed by atoms with Crippen molar-refractivity contribution < 1.29 is 13.2 Å². The minimum Gasteiger partial charge on any atom is -0.350 e. The Bertz CT molecular complexity index is 707. The van der Waals surface area contributed by atoms with Gasteiger partial charge in [-0.2, -0.15) is 13.2 Å². The molecule has 0 radical (unpaired) electrons. The first-order valence-electron chi connectivity index (χ1n) is 5.40. The van der Waals surface area contributed by atoms with Crippen molar-refractivity contribution in [3.05, 3.63) is 36.2 Å². The summed E-state index contributed by atoms with van der Waals surface area (Å²) in [5, 5.41) is 3.03. The molecule has 1 N–H and O–H groups in total. The molecule has 0 saturated heterocycles. The van der Waals surface area contributed by atoms with E-state index in [0.717, 1.165) is 12.1 Å². The topological polar surface area (TPSA) is 29.9 Å². The number of fused-ring (bicyclic) bond motifs is 3.